The summed E-state index contributed by atoms with van der Waals surface area (Å²) in [6, 6.07) is 5.27. The highest BCUT2D eigenvalue weighted by Gasteiger charge is 2.09. The quantitative estimate of drug-likeness (QED) is 0.422. The second-order valence-electron chi connectivity index (χ2n) is 4.45. The third-order valence-electron chi connectivity index (χ3n) is 2.90. The fourth-order valence-corrected chi connectivity index (χ4v) is 1.83. The van der Waals surface area contributed by atoms with E-state index in [0.717, 1.165) is 30.6 Å². The maximum atomic E-state index is 11.5. The predicted octanol–water partition coefficient (Wildman–Crippen LogP) is 3.16. The number of carbonyl (C=O) groups is 1. The van der Waals surface area contributed by atoms with Gasteiger partial charge in [0.25, 0.3) is 0 Å². The minimum absolute atomic E-state index is 0.275. The van der Waals surface area contributed by atoms with E-state index in [0.29, 0.717) is 18.6 Å². The Morgan fingerprint density at radius 2 is 2.21 bits per heavy atom. The Hall–Kier alpha value is -1.61. The first-order valence-corrected chi connectivity index (χ1v) is 6.73. The minimum Gasteiger partial charge on any atom is -0.493 e. The molecule has 0 aromatic heterocycles. The number of carbonyl (C=O) groups excluding carboxylic acids is 1. The van der Waals surface area contributed by atoms with E-state index in [-0.39, 0.29) is 5.78 Å². The van der Waals surface area contributed by atoms with Crippen LogP contribution >= 0.6 is 0 Å². The highest BCUT2D eigenvalue weighted by atomic mass is 16.5. The van der Waals surface area contributed by atoms with Gasteiger partial charge >= 0.3 is 0 Å². The molecule has 0 radical (unpaired) electrons. The van der Waals surface area contributed by atoms with Crippen molar-refractivity contribution in [1.82, 2.24) is 0 Å². The van der Waals surface area contributed by atoms with Crippen LogP contribution in [0.5, 0.6) is 5.75 Å². The van der Waals surface area contributed by atoms with E-state index in [2.05, 4.69) is 13.5 Å². The molecular weight excluding hydrogens is 240 g/mol. The fourth-order valence-electron chi connectivity index (χ4n) is 1.83. The fraction of sp³-hybridized carbons (Fsp3) is 0.438. The number of benzene rings is 1. The number of Topliss-reactive ketones (excluding diaryl/α,β-unsaturated/α-hetero) is 1. The Morgan fingerprint density at radius 1 is 1.42 bits per heavy atom. The van der Waals surface area contributed by atoms with Gasteiger partial charge in [0.2, 0.25) is 0 Å². The molecule has 1 aromatic carbocycles. The van der Waals surface area contributed by atoms with E-state index < -0.39 is 6.61 Å². The summed E-state index contributed by atoms with van der Waals surface area (Å²) in [5.41, 5.74) is 1.45. The summed E-state index contributed by atoms with van der Waals surface area (Å²) in [6.45, 7) is 6.08. The van der Waals surface area contributed by atoms with Crippen LogP contribution in [0.4, 0.5) is 0 Å². The van der Waals surface area contributed by atoms with Crippen LogP contribution in [0.1, 0.15) is 42.1 Å². The normalized spacial score (nSPS) is 10.2. The highest BCUT2D eigenvalue weighted by Crippen LogP contribution is 2.22. The molecule has 1 N–H and O–H groups in total. The zero-order chi connectivity index (χ0) is 14.1. The van der Waals surface area contributed by atoms with Crippen molar-refractivity contribution in [3.8, 4) is 5.75 Å². The van der Waals surface area contributed by atoms with Gasteiger partial charge in [0.1, 0.15) is 12.4 Å². The Labute approximate surface area is 114 Å². The van der Waals surface area contributed by atoms with Crippen LogP contribution < -0.4 is 4.74 Å². The molecule has 1 aromatic rings. The third-order valence-corrected chi connectivity index (χ3v) is 2.90. The predicted molar refractivity (Wildman–Crippen MR) is 76.8 cm³/mol. The molecule has 19 heavy (non-hydrogen) atoms. The lowest BCUT2D eigenvalue weighted by atomic mass is 10.0. The Balaban J connectivity index is 2.79. The number of hydrogen-bond acceptors (Lipinski definition) is 3. The number of ether oxygens (including phenoxy) is 1. The number of unbranched alkanes of at least 4 members (excludes halogenated alkanes) is 2. The van der Waals surface area contributed by atoms with Crippen LogP contribution in [-0.2, 0) is 6.42 Å². The highest BCUT2D eigenvalue weighted by molar-refractivity contribution is 5.97. The van der Waals surface area contributed by atoms with Crippen LogP contribution in [0.3, 0.4) is 0 Å². The van der Waals surface area contributed by atoms with Gasteiger partial charge in [-0.15, -0.1) is 6.58 Å². The average molecular weight is 262 g/mol. The van der Waals surface area contributed by atoms with Crippen molar-refractivity contribution < 1.29 is 14.6 Å². The molecule has 0 aliphatic carbocycles. The first-order chi connectivity index (χ1) is 9.22. The summed E-state index contributed by atoms with van der Waals surface area (Å²) in [5.74, 6) is 0.522. The molecule has 0 bridgehead atoms. The number of ketones is 1. The lowest BCUT2D eigenvalue weighted by molar-refractivity contribution is 0.0903. The van der Waals surface area contributed by atoms with E-state index in [4.69, 9.17) is 9.84 Å². The first-order valence-electron chi connectivity index (χ1n) is 6.73. The standard InChI is InChI=1S/C16H22O3/c1-3-5-6-10-19-16-9-8-13(15(18)12-17)11-14(16)7-4-2/h4,8-9,11,17H,2-3,5-7,10,12H2,1H3. The molecule has 0 saturated heterocycles. The molecule has 0 spiro atoms. The van der Waals surface area contributed by atoms with Gasteiger partial charge in [-0.25, -0.2) is 0 Å². The lowest BCUT2D eigenvalue weighted by Gasteiger charge is -2.11. The maximum absolute atomic E-state index is 11.5. The molecule has 3 nitrogen and oxygen atoms in total. The summed E-state index contributed by atoms with van der Waals surface area (Å²) < 4.78 is 5.74. The van der Waals surface area contributed by atoms with Crippen molar-refractivity contribution in [1.29, 1.82) is 0 Å². The summed E-state index contributed by atoms with van der Waals surface area (Å²) in [6.07, 6.45) is 5.77. The molecule has 0 saturated carbocycles. The molecule has 104 valence electrons. The molecule has 0 aliphatic heterocycles. The van der Waals surface area contributed by atoms with Gasteiger partial charge in [0, 0.05) is 5.56 Å². The second-order valence-corrected chi connectivity index (χ2v) is 4.45. The Kier molecular flexibility index (Phi) is 6.90. The van der Waals surface area contributed by atoms with Crippen LogP contribution in [-0.4, -0.2) is 24.1 Å². The summed E-state index contributed by atoms with van der Waals surface area (Å²) in [5, 5.41) is 8.88. The zero-order valence-electron chi connectivity index (χ0n) is 11.5. The smallest absolute Gasteiger partial charge is 0.188 e. The molecule has 0 atom stereocenters. The summed E-state index contributed by atoms with van der Waals surface area (Å²) in [4.78, 5) is 11.5. The van der Waals surface area contributed by atoms with E-state index >= 15 is 0 Å². The van der Waals surface area contributed by atoms with Crippen LogP contribution in [0.25, 0.3) is 0 Å². The van der Waals surface area contributed by atoms with Crippen molar-refractivity contribution >= 4 is 5.78 Å². The molecule has 0 aliphatic rings. The lowest BCUT2D eigenvalue weighted by Crippen LogP contribution is -2.06. The van der Waals surface area contributed by atoms with Crippen LogP contribution in [0.15, 0.2) is 30.9 Å². The number of aliphatic hydroxyl groups is 1. The largest absolute Gasteiger partial charge is 0.493 e. The Bertz CT molecular complexity index is 424. The van der Waals surface area contributed by atoms with Gasteiger partial charge in [-0.1, -0.05) is 25.8 Å². The van der Waals surface area contributed by atoms with Crippen molar-refractivity contribution in [3.05, 3.63) is 42.0 Å². The Morgan fingerprint density at radius 3 is 2.84 bits per heavy atom. The molecule has 1 rings (SSSR count). The van der Waals surface area contributed by atoms with Crippen molar-refractivity contribution in [2.45, 2.75) is 32.6 Å². The van der Waals surface area contributed by atoms with Crippen molar-refractivity contribution in [2.24, 2.45) is 0 Å². The van der Waals surface area contributed by atoms with Gasteiger partial charge in [-0.05, 0) is 36.6 Å². The topological polar surface area (TPSA) is 46.5 Å². The summed E-state index contributed by atoms with van der Waals surface area (Å²) >= 11 is 0. The summed E-state index contributed by atoms with van der Waals surface area (Å²) in [7, 11) is 0. The van der Waals surface area contributed by atoms with Crippen molar-refractivity contribution in [3.63, 3.8) is 0 Å². The minimum atomic E-state index is -0.468. The van der Waals surface area contributed by atoms with Gasteiger partial charge < -0.3 is 9.84 Å². The first kappa shape index (κ1) is 15.4. The maximum Gasteiger partial charge on any atom is 0.188 e. The van der Waals surface area contributed by atoms with Gasteiger partial charge in [-0.2, -0.15) is 0 Å². The second kappa shape index (κ2) is 8.48. The van der Waals surface area contributed by atoms with E-state index in [1.165, 1.54) is 0 Å². The van der Waals surface area contributed by atoms with Gasteiger partial charge in [0.05, 0.1) is 6.61 Å². The zero-order valence-corrected chi connectivity index (χ0v) is 11.5. The molecule has 0 heterocycles. The van der Waals surface area contributed by atoms with Gasteiger partial charge in [-0.3, -0.25) is 4.79 Å². The van der Waals surface area contributed by atoms with Gasteiger partial charge in [0.15, 0.2) is 5.78 Å². The van der Waals surface area contributed by atoms with E-state index in [9.17, 15) is 4.79 Å². The number of hydrogen-bond donors (Lipinski definition) is 1. The third kappa shape index (κ3) is 4.87. The molecule has 3 heteroatoms. The van der Waals surface area contributed by atoms with Crippen LogP contribution in [0.2, 0.25) is 0 Å². The van der Waals surface area contributed by atoms with Crippen LogP contribution in [0, 0.1) is 0 Å². The SMILES string of the molecule is C=CCc1cc(C(=O)CO)ccc1OCCCCC. The molecule has 0 unspecified atom stereocenters. The molecule has 0 amide bonds. The van der Waals surface area contributed by atoms with Crippen molar-refractivity contribution in [2.75, 3.05) is 13.2 Å². The van der Waals surface area contributed by atoms with E-state index in [1.807, 2.05) is 0 Å². The number of rotatable bonds is 9. The van der Waals surface area contributed by atoms with E-state index in [1.54, 1.807) is 24.3 Å². The molecule has 0 fully saturated rings. The monoisotopic (exact) mass is 262 g/mol. The average Bonchev–Trinajstić information content (AvgIpc) is 2.44. The number of aliphatic hydroxyl groups excluding tert-OH is 1. The number of allylic oxidation sites excluding steroid dienone is 1. The molecular formula is C16H22O3.